The first-order valence-corrected chi connectivity index (χ1v) is 7.30. The van der Waals surface area contributed by atoms with E-state index >= 15 is 0 Å². The van der Waals surface area contributed by atoms with Gasteiger partial charge in [-0.2, -0.15) is 5.10 Å². The molecule has 8 nitrogen and oxygen atoms in total. The van der Waals surface area contributed by atoms with Gasteiger partial charge in [0, 0.05) is 19.1 Å². The quantitative estimate of drug-likeness (QED) is 0.665. The van der Waals surface area contributed by atoms with E-state index in [-0.39, 0.29) is 23.1 Å². The molecule has 1 aliphatic rings. The van der Waals surface area contributed by atoms with Crippen LogP contribution in [0.1, 0.15) is 34.1 Å². The summed E-state index contributed by atoms with van der Waals surface area (Å²) in [6, 6.07) is 0.0606. The summed E-state index contributed by atoms with van der Waals surface area (Å²) in [6.07, 6.45) is 3.19. The lowest BCUT2D eigenvalue weighted by molar-refractivity contribution is -0.385. The molecule has 0 aliphatic carbocycles. The van der Waals surface area contributed by atoms with E-state index in [0.29, 0.717) is 13.1 Å². The Morgan fingerprint density at radius 1 is 1.55 bits per heavy atom. The third-order valence-corrected chi connectivity index (χ3v) is 4.48. The summed E-state index contributed by atoms with van der Waals surface area (Å²) < 4.78 is 1.36. The van der Waals surface area contributed by atoms with Crippen LogP contribution in [0.25, 0.3) is 0 Å². The van der Waals surface area contributed by atoms with Gasteiger partial charge in [0.1, 0.15) is 17.9 Å². The molecular weight excluding hydrogens is 286 g/mol. The molecule has 2 rings (SSSR count). The number of hydrogen-bond acceptors (Lipinski definition) is 5. The Balaban J connectivity index is 2.21. The molecule has 1 aliphatic heterocycles. The molecule has 2 heterocycles. The number of nitrogens with zero attached hydrogens (tertiary/aromatic N) is 4. The summed E-state index contributed by atoms with van der Waals surface area (Å²) in [4.78, 5) is 24.9. The van der Waals surface area contributed by atoms with Crippen LogP contribution in [-0.2, 0) is 10.3 Å². The van der Waals surface area contributed by atoms with Crippen LogP contribution in [0.2, 0.25) is 0 Å². The van der Waals surface area contributed by atoms with Crippen molar-refractivity contribution in [2.45, 2.75) is 45.7 Å². The summed E-state index contributed by atoms with van der Waals surface area (Å²) in [5, 5.41) is 14.8. The molecule has 1 aromatic heterocycles. The van der Waals surface area contributed by atoms with Crippen molar-refractivity contribution in [2.24, 2.45) is 11.1 Å². The molecule has 2 N–H and O–H groups in total. The van der Waals surface area contributed by atoms with Gasteiger partial charge in [-0.25, -0.2) is 0 Å². The van der Waals surface area contributed by atoms with Crippen LogP contribution >= 0.6 is 0 Å². The van der Waals surface area contributed by atoms with Crippen molar-refractivity contribution in [2.75, 3.05) is 13.1 Å². The number of carbonyl (C=O) groups excluding carboxylic acids is 1. The maximum atomic E-state index is 12.8. The van der Waals surface area contributed by atoms with Crippen LogP contribution in [0.3, 0.4) is 0 Å². The number of nitro groups is 1. The first-order chi connectivity index (χ1) is 10.1. The third kappa shape index (κ3) is 2.83. The largest absolute Gasteiger partial charge is 0.340 e. The van der Waals surface area contributed by atoms with E-state index in [9.17, 15) is 14.9 Å². The van der Waals surface area contributed by atoms with Crippen LogP contribution in [-0.4, -0.2) is 44.6 Å². The Bertz CT molecular complexity index is 593. The van der Waals surface area contributed by atoms with Gasteiger partial charge in [-0.15, -0.1) is 0 Å². The summed E-state index contributed by atoms with van der Waals surface area (Å²) in [7, 11) is 0. The smallest absolute Gasteiger partial charge is 0.307 e. The van der Waals surface area contributed by atoms with Crippen molar-refractivity contribution in [1.82, 2.24) is 14.7 Å². The molecule has 8 heteroatoms. The number of piperidine rings is 1. The Labute approximate surface area is 129 Å². The summed E-state index contributed by atoms with van der Waals surface area (Å²) in [6.45, 7) is 8.68. The average Bonchev–Trinajstić information content (AvgIpc) is 2.91. The monoisotopic (exact) mass is 309 g/mol. The van der Waals surface area contributed by atoms with Crippen molar-refractivity contribution in [3.63, 3.8) is 0 Å². The highest BCUT2D eigenvalue weighted by molar-refractivity contribution is 5.83. The first-order valence-electron chi connectivity index (χ1n) is 7.30. The van der Waals surface area contributed by atoms with Crippen molar-refractivity contribution < 1.29 is 9.72 Å². The van der Waals surface area contributed by atoms with E-state index in [1.165, 1.54) is 10.9 Å². The van der Waals surface area contributed by atoms with Crippen LogP contribution in [0, 0.1) is 15.5 Å². The van der Waals surface area contributed by atoms with E-state index < -0.39 is 10.5 Å². The fraction of sp³-hybridized carbons (Fsp3) is 0.714. The van der Waals surface area contributed by atoms with Crippen LogP contribution in [0.4, 0.5) is 5.69 Å². The molecule has 1 unspecified atom stereocenters. The Kier molecular flexibility index (Phi) is 3.99. The molecule has 1 atom stereocenters. The van der Waals surface area contributed by atoms with Gasteiger partial charge in [-0.1, -0.05) is 13.8 Å². The molecule has 1 fully saturated rings. The lowest BCUT2D eigenvalue weighted by Crippen LogP contribution is -2.57. The number of nitrogens with two attached hydrogens (primary N) is 1. The van der Waals surface area contributed by atoms with E-state index in [1.54, 1.807) is 18.7 Å². The van der Waals surface area contributed by atoms with Crippen molar-refractivity contribution in [1.29, 1.82) is 0 Å². The van der Waals surface area contributed by atoms with Gasteiger partial charge in [0.2, 0.25) is 5.91 Å². The van der Waals surface area contributed by atoms with E-state index in [0.717, 1.165) is 12.6 Å². The second kappa shape index (κ2) is 5.35. The summed E-state index contributed by atoms with van der Waals surface area (Å²) in [5.74, 6) is -0.106. The molecule has 1 aromatic rings. The minimum absolute atomic E-state index is 0.0606. The van der Waals surface area contributed by atoms with Gasteiger partial charge in [0.15, 0.2) is 0 Å². The van der Waals surface area contributed by atoms with Crippen molar-refractivity contribution >= 4 is 11.6 Å². The number of amides is 1. The highest BCUT2D eigenvalue weighted by Gasteiger charge is 2.41. The molecule has 22 heavy (non-hydrogen) atoms. The van der Waals surface area contributed by atoms with Gasteiger partial charge >= 0.3 is 5.69 Å². The molecule has 0 aromatic carbocycles. The lowest BCUT2D eigenvalue weighted by atomic mass is 9.79. The Morgan fingerprint density at radius 3 is 2.68 bits per heavy atom. The first kappa shape index (κ1) is 16.4. The van der Waals surface area contributed by atoms with Gasteiger partial charge in [-0.05, 0) is 25.7 Å². The van der Waals surface area contributed by atoms with Gasteiger partial charge in [0.05, 0.1) is 4.92 Å². The van der Waals surface area contributed by atoms with Gasteiger partial charge < -0.3 is 10.6 Å². The van der Waals surface area contributed by atoms with Crippen LogP contribution < -0.4 is 5.73 Å². The van der Waals surface area contributed by atoms with Gasteiger partial charge in [-0.3, -0.25) is 19.6 Å². The highest BCUT2D eigenvalue weighted by Crippen LogP contribution is 2.30. The molecule has 0 saturated carbocycles. The molecule has 122 valence electrons. The number of aromatic nitrogens is 2. The number of carbonyl (C=O) groups is 1. The molecule has 1 amide bonds. The molecule has 1 saturated heterocycles. The normalized spacial score (nSPS) is 21.7. The maximum absolute atomic E-state index is 12.8. The zero-order valence-electron chi connectivity index (χ0n) is 13.4. The van der Waals surface area contributed by atoms with E-state index in [1.807, 2.05) is 13.8 Å². The zero-order valence-corrected chi connectivity index (χ0v) is 13.4. The lowest BCUT2D eigenvalue weighted by Gasteiger charge is -2.44. The second-order valence-corrected chi connectivity index (χ2v) is 7.07. The number of rotatable bonds is 3. The van der Waals surface area contributed by atoms with Crippen LogP contribution in [0.15, 0.2) is 12.4 Å². The third-order valence-electron chi connectivity index (χ3n) is 4.48. The SMILES string of the molecule is CC1(C)CN(C(=O)C(C)(C)n2cc([N+](=O)[O-])cn2)CCC1N. The standard InChI is InChI=1S/C14H23N5O3/c1-13(2)9-17(6-5-11(13)15)12(20)14(3,4)18-8-10(7-16-18)19(21)22/h7-8,11H,5-6,9,15H2,1-4H3. The van der Waals surface area contributed by atoms with E-state index in [4.69, 9.17) is 5.73 Å². The second-order valence-electron chi connectivity index (χ2n) is 7.07. The maximum Gasteiger partial charge on any atom is 0.307 e. The fourth-order valence-corrected chi connectivity index (χ4v) is 2.75. The summed E-state index contributed by atoms with van der Waals surface area (Å²) in [5.41, 5.74) is 4.84. The minimum Gasteiger partial charge on any atom is -0.340 e. The predicted molar refractivity (Wildman–Crippen MR) is 81.2 cm³/mol. The van der Waals surface area contributed by atoms with Crippen molar-refractivity contribution in [3.05, 3.63) is 22.5 Å². The van der Waals surface area contributed by atoms with Crippen molar-refractivity contribution in [3.8, 4) is 0 Å². The zero-order chi connectivity index (χ0) is 16.7. The number of likely N-dealkylation sites (tertiary alicyclic amines) is 1. The number of hydrogen-bond donors (Lipinski definition) is 1. The van der Waals surface area contributed by atoms with Crippen LogP contribution in [0.5, 0.6) is 0 Å². The average molecular weight is 309 g/mol. The predicted octanol–water partition coefficient (Wildman–Crippen LogP) is 1.11. The van der Waals surface area contributed by atoms with Gasteiger partial charge in [0.25, 0.3) is 0 Å². The fourth-order valence-electron chi connectivity index (χ4n) is 2.75. The molecule has 0 spiro atoms. The molecule has 0 bridgehead atoms. The van der Waals surface area contributed by atoms with E-state index in [2.05, 4.69) is 5.10 Å². The molecule has 0 radical (unpaired) electrons. The molecular formula is C14H23N5O3. The summed E-state index contributed by atoms with van der Waals surface area (Å²) >= 11 is 0. The highest BCUT2D eigenvalue weighted by atomic mass is 16.6. The Hall–Kier alpha value is -1.96. The topological polar surface area (TPSA) is 107 Å². The minimum atomic E-state index is -0.980. The Morgan fingerprint density at radius 2 is 2.18 bits per heavy atom.